The first-order valence-electron chi connectivity index (χ1n) is 6.34. The predicted molar refractivity (Wildman–Crippen MR) is 85.8 cm³/mol. The van der Waals surface area contributed by atoms with E-state index in [-0.39, 0.29) is 32.8 Å². The van der Waals surface area contributed by atoms with Gasteiger partial charge in [0.05, 0.1) is 9.77 Å². The molecule has 1 aromatic carbocycles. The Morgan fingerprint density at radius 2 is 2.00 bits per heavy atom. The van der Waals surface area contributed by atoms with E-state index in [0.717, 1.165) is 11.3 Å². The molecule has 114 valence electrons. The number of phenols is 2. The average molecular weight is 335 g/mol. The van der Waals surface area contributed by atoms with E-state index in [1.807, 2.05) is 13.8 Å². The van der Waals surface area contributed by atoms with Gasteiger partial charge in [-0.3, -0.25) is 0 Å². The highest BCUT2D eigenvalue weighted by atomic mass is 32.2. The molecule has 2 rings (SSSR count). The zero-order valence-electron chi connectivity index (χ0n) is 11.8. The highest BCUT2D eigenvalue weighted by Gasteiger charge is 2.25. The molecular weight excluding hydrogens is 322 g/mol. The van der Waals surface area contributed by atoms with E-state index in [1.165, 1.54) is 30.0 Å². The zero-order valence-corrected chi connectivity index (χ0v) is 13.5. The Morgan fingerprint density at radius 1 is 1.32 bits per heavy atom. The Labute approximate surface area is 135 Å². The molecule has 0 aliphatic rings. The van der Waals surface area contributed by atoms with Crippen LogP contribution in [0.5, 0.6) is 11.5 Å². The minimum atomic E-state index is -1.13. The lowest BCUT2D eigenvalue weighted by atomic mass is 10.0. The maximum atomic E-state index is 11.5. The van der Waals surface area contributed by atoms with Crippen LogP contribution in [0.1, 0.15) is 29.1 Å². The molecular formula is C15H13NO4S2. The van der Waals surface area contributed by atoms with Crippen molar-refractivity contribution in [1.29, 1.82) is 5.26 Å². The molecule has 0 atom stereocenters. The fourth-order valence-electron chi connectivity index (χ4n) is 1.91. The van der Waals surface area contributed by atoms with Crippen molar-refractivity contribution in [3.8, 4) is 28.7 Å². The number of hydrogen-bond donors (Lipinski definition) is 3. The van der Waals surface area contributed by atoms with Gasteiger partial charge in [0.1, 0.15) is 10.9 Å². The summed E-state index contributed by atoms with van der Waals surface area (Å²) in [6, 6.07) is 6.07. The van der Waals surface area contributed by atoms with E-state index in [1.54, 1.807) is 0 Å². The molecule has 0 spiro atoms. The van der Waals surface area contributed by atoms with Crippen molar-refractivity contribution in [2.75, 3.05) is 0 Å². The van der Waals surface area contributed by atoms with Gasteiger partial charge in [-0.25, -0.2) is 4.79 Å². The number of thioether (sulfide) groups is 1. The molecule has 0 aliphatic heterocycles. The summed E-state index contributed by atoms with van der Waals surface area (Å²) in [6.07, 6.45) is 0. The second-order valence-electron chi connectivity index (χ2n) is 4.76. The lowest BCUT2D eigenvalue weighted by Crippen LogP contribution is -1.95. The fourth-order valence-corrected chi connectivity index (χ4v) is 4.47. The van der Waals surface area contributed by atoms with Gasteiger partial charge in [-0.15, -0.1) is 23.1 Å². The van der Waals surface area contributed by atoms with Gasteiger partial charge >= 0.3 is 5.97 Å². The van der Waals surface area contributed by atoms with Gasteiger partial charge in [0.2, 0.25) is 0 Å². The minimum Gasteiger partial charge on any atom is -0.504 e. The molecule has 0 fully saturated rings. The van der Waals surface area contributed by atoms with Gasteiger partial charge in [0.15, 0.2) is 11.5 Å². The van der Waals surface area contributed by atoms with Crippen LogP contribution < -0.4 is 0 Å². The van der Waals surface area contributed by atoms with E-state index in [4.69, 9.17) is 0 Å². The van der Waals surface area contributed by atoms with E-state index in [2.05, 4.69) is 6.07 Å². The van der Waals surface area contributed by atoms with Gasteiger partial charge in [-0.05, 0) is 17.7 Å². The molecule has 0 unspecified atom stereocenters. The van der Waals surface area contributed by atoms with Crippen molar-refractivity contribution in [3.05, 3.63) is 28.6 Å². The Kier molecular flexibility index (Phi) is 4.64. The summed E-state index contributed by atoms with van der Waals surface area (Å²) < 4.78 is 0.637. The SMILES string of the molecule is CC(C)Sc1sc(C(=O)O)c(-c2ccc(O)c(O)c2)c1C#N. The maximum Gasteiger partial charge on any atom is 0.346 e. The summed E-state index contributed by atoms with van der Waals surface area (Å²) >= 11 is 2.47. The second kappa shape index (κ2) is 6.30. The number of phenolic OH excluding ortho intramolecular Hbond substituents is 2. The van der Waals surface area contributed by atoms with Gasteiger partial charge in [-0.1, -0.05) is 19.9 Å². The Bertz CT molecular complexity index is 775. The number of carboxylic acid groups (broad SMARTS) is 1. The fraction of sp³-hybridized carbons (Fsp3) is 0.200. The maximum absolute atomic E-state index is 11.5. The number of carboxylic acids is 1. The highest BCUT2D eigenvalue weighted by molar-refractivity contribution is 8.01. The number of carbonyl (C=O) groups is 1. The Balaban J connectivity index is 2.72. The third-order valence-electron chi connectivity index (χ3n) is 2.79. The van der Waals surface area contributed by atoms with Crippen molar-refractivity contribution in [2.24, 2.45) is 0 Å². The third-order valence-corrected chi connectivity index (χ3v) is 5.19. The Morgan fingerprint density at radius 3 is 2.50 bits per heavy atom. The van der Waals surface area contributed by atoms with Crippen LogP contribution in [-0.4, -0.2) is 26.5 Å². The van der Waals surface area contributed by atoms with E-state index >= 15 is 0 Å². The number of rotatable bonds is 4. The van der Waals surface area contributed by atoms with Crippen molar-refractivity contribution >= 4 is 29.1 Å². The van der Waals surface area contributed by atoms with Crippen molar-refractivity contribution in [1.82, 2.24) is 0 Å². The van der Waals surface area contributed by atoms with E-state index < -0.39 is 5.97 Å². The standard InChI is InChI=1S/C15H13NO4S2/c1-7(2)21-15-9(6-16)12(13(22-15)14(19)20)8-3-4-10(17)11(18)5-8/h3-5,7,17-18H,1-2H3,(H,19,20). The molecule has 1 aromatic heterocycles. The van der Waals surface area contributed by atoms with Crippen LogP contribution in [0.4, 0.5) is 0 Å². The summed E-state index contributed by atoms with van der Waals surface area (Å²) in [5.41, 5.74) is 0.945. The van der Waals surface area contributed by atoms with Crippen molar-refractivity contribution < 1.29 is 20.1 Å². The first-order chi connectivity index (χ1) is 10.3. The number of thiophene rings is 1. The van der Waals surface area contributed by atoms with Crippen molar-refractivity contribution in [3.63, 3.8) is 0 Å². The number of hydrogen-bond acceptors (Lipinski definition) is 6. The molecule has 7 heteroatoms. The normalized spacial score (nSPS) is 10.6. The molecule has 2 aromatic rings. The summed E-state index contributed by atoms with van der Waals surface area (Å²) in [5.74, 6) is -1.78. The van der Waals surface area contributed by atoms with Crippen LogP contribution >= 0.6 is 23.1 Å². The predicted octanol–water partition coefficient (Wildman–Crippen LogP) is 3.90. The van der Waals surface area contributed by atoms with Crippen LogP contribution in [0.2, 0.25) is 0 Å². The monoisotopic (exact) mass is 335 g/mol. The number of benzene rings is 1. The third kappa shape index (κ3) is 3.03. The van der Waals surface area contributed by atoms with Gasteiger partial charge in [0, 0.05) is 10.8 Å². The molecule has 0 bridgehead atoms. The molecule has 0 aliphatic carbocycles. The molecule has 22 heavy (non-hydrogen) atoms. The molecule has 0 saturated heterocycles. The van der Waals surface area contributed by atoms with Crippen LogP contribution in [0.3, 0.4) is 0 Å². The highest BCUT2D eigenvalue weighted by Crippen LogP contribution is 2.44. The van der Waals surface area contributed by atoms with Gasteiger partial charge in [0.25, 0.3) is 0 Å². The summed E-state index contributed by atoms with van der Waals surface area (Å²) in [6.45, 7) is 3.91. The zero-order chi connectivity index (χ0) is 16.4. The van der Waals surface area contributed by atoms with Gasteiger partial charge < -0.3 is 15.3 Å². The topological polar surface area (TPSA) is 102 Å². The molecule has 3 N–H and O–H groups in total. The van der Waals surface area contributed by atoms with E-state index in [9.17, 15) is 25.4 Å². The van der Waals surface area contributed by atoms with Crippen LogP contribution in [-0.2, 0) is 0 Å². The molecule has 1 heterocycles. The number of nitrogens with zero attached hydrogens (tertiary/aromatic N) is 1. The molecule has 0 amide bonds. The molecule has 0 saturated carbocycles. The first-order valence-corrected chi connectivity index (χ1v) is 8.04. The summed E-state index contributed by atoms with van der Waals surface area (Å²) in [4.78, 5) is 11.5. The minimum absolute atomic E-state index is 0.0461. The van der Waals surface area contributed by atoms with Crippen LogP contribution in [0, 0.1) is 11.3 Å². The van der Waals surface area contributed by atoms with Crippen LogP contribution in [0.15, 0.2) is 22.4 Å². The van der Waals surface area contributed by atoms with Crippen LogP contribution in [0.25, 0.3) is 11.1 Å². The number of nitriles is 1. The average Bonchev–Trinajstić information content (AvgIpc) is 2.79. The number of aromatic carboxylic acids is 1. The van der Waals surface area contributed by atoms with E-state index in [0.29, 0.717) is 9.77 Å². The smallest absolute Gasteiger partial charge is 0.346 e. The summed E-state index contributed by atoms with van der Waals surface area (Å²) in [5, 5.41) is 38.0. The first kappa shape index (κ1) is 16.2. The number of aromatic hydroxyl groups is 2. The quantitative estimate of drug-likeness (QED) is 0.578. The van der Waals surface area contributed by atoms with Gasteiger partial charge in [-0.2, -0.15) is 5.26 Å². The molecule has 5 nitrogen and oxygen atoms in total. The lowest BCUT2D eigenvalue weighted by molar-refractivity contribution is 0.0703. The largest absolute Gasteiger partial charge is 0.504 e. The van der Waals surface area contributed by atoms with Crippen molar-refractivity contribution in [2.45, 2.75) is 23.3 Å². The molecule has 0 radical (unpaired) electrons. The second-order valence-corrected chi connectivity index (χ2v) is 7.62. The lowest BCUT2D eigenvalue weighted by Gasteiger charge is -2.05. The Hall–Kier alpha value is -2.17. The summed E-state index contributed by atoms with van der Waals surface area (Å²) in [7, 11) is 0.